The summed E-state index contributed by atoms with van der Waals surface area (Å²) in [5.74, 6) is 0. The molecule has 0 heterocycles. The molecule has 0 saturated carbocycles. The first-order valence-electron chi connectivity index (χ1n) is 5.61. The Balaban J connectivity index is 3.73. The first-order chi connectivity index (χ1) is 6.65. The van der Waals surface area contributed by atoms with Gasteiger partial charge in [-0.05, 0) is 26.8 Å². The van der Waals surface area contributed by atoms with E-state index in [1.165, 1.54) is 0 Å². The summed E-state index contributed by atoms with van der Waals surface area (Å²) in [6.45, 7) is 8.12. The summed E-state index contributed by atoms with van der Waals surface area (Å²) < 4.78 is 5.17. The average molecular weight is 203 g/mol. The molecule has 86 valence electrons. The van der Waals surface area contributed by atoms with Crippen molar-refractivity contribution in [1.82, 2.24) is 4.90 Å². The number of hydrogen-bond donors (Lipinski definition) is 1. The Kier molecular flexibility index (Phi) is 8.14. The predicted octanol–water partition coefficient (Wildman–Crippen LogP) is 1.50. The molecule has 0 aromatic carbocycles. The summed E-state index contributed by atoms with van der Waals surface area (Å²) in [5.41, 5.74) is 0. The van der Waals surface area contributed by atoms with Crippen LogP contribution >= 0.6 is 0 Å². The van der Waals surface area contributed by atoms with Gasteiger partial charge in [-0.15, -0.1) is 0 Å². The van der Waals surface area contributed by atoms with Crippen molar-refractivity contribution in [3.8, 4) is 0 Å². The summed E-state index contributed by atoms with van der Waals surface area (Å²) in [5, 5.41) is 9.62. The van der Waals surface area contributed by atoms with Crippen molar-refractivity contribution < 1.29 is 9.84 Å². The Hall–Kier alpha value is -0.120. The molecule has 0 aliphatic heterocycles. The Morgan fingerprint density at radius 1 is 1.21 bits per heavy atom. The molecule has 3 nitrogen and oxygen atoms in total. The maximum absolute atomic E-state index is 9.62. The molecule has 0 radical (unpaired) electrons. The Labute approximate surface area is 88.1 Å². The first kappa shape index (κ1) is 13.9. The van der Waals surface area contributed by atoms with Crippen LogP contribution in [-0.4, -0.2) is 49.0 Å². The summed E-state index contributed by atoms with van der Waals surface area (Å²) in [4.78, 5) is 2.21. The van der Waals surface area contributed by atoms with Gasteiger partial charge in [0.1, 0.15) is 0 Å². The zero-order chi connectivity index (χ0) is 11.0. The number of aliphatic hydroxyl groups is 1. The maximum atomic E-state index is 9.62. The van der Waals surface area contributed by atoms with Crippen LogP contribution in [0.4, 0.5) is 0 Å². The zero-order valence-corrected chi connectivity index (χ0v) is 9.99. The highest BCUT2D eigenvalue weighted by molar-refractivity contribution is 4.68. The van der Waals surface area contributed by atoms with Gasteiger partial charge in [-0.1, -0.05) is 13.8 Å². The molecule has 1 unspecified atom stereocenters. The SMILES string of the molecule is CCOCC(O)CN(C)C(CC)CC. The molecular weight excluding hydrogens is 178 g/mol. The van der Waals surface area contributed by atoms with E-state index < -0.39 is 0 Å². The maximum Gasteiger partial charge on any atom is 0.0900 e. The molecule has 0 saturated heterocycles. The molecular formula is C11H25NO2. The molecule has 0 bridgehead atoms. The lowest BCUT2D eigenvalue weighted by Crippen LogP contribution is -2.38. The van der Waals surface area contributed by atoms with Crippen molar-refractivity contribution in [1.29, 1.82) is 0 Å². The van der Waals surface area contributed by atoms with Crippen molar-refractivity contribution in [2.45, 2.75) is 45.8 Å². The van der Waals surface area contributed by atoms with E-state index in [1.54, 1.807) is 0 Å². The van der Waals surface area contributed by atoms with Crippen LogP contribution in [0.15, 0.2) is 0 Å². The van der Waals surface area contributed by atoms with Crippen molar-refractivity contribution in [2.75, 3.05) is 26.8 Å². The predicted molar refractivity (Wildman–Crippen MR) is 59.5 cm³/mol. The number of rotatable bonds is 8. The molecule has 3 heteroatoms. The minimum Gasteiger partial charge on any atom is -0.389 e. The lowest BCUT2D eigenvalue weighted by Gasteiger charge is -2.28. The number of aliphatic hydroxyl groups excluding tert-OH is 1. The molecule has 14 heavy (non-hydrogen) atoms. The van der Waals surface area contributed by atoms with Gasteiger partial charge < -0.3 is 14.7 Å². The number of likely N-dealkylation sites (N-methyl/N-ethyl adjacent to an activating group) is 1. The van der Waals surface area contributed by atoms with E-state index in [9.17, 15) is 5.11 Å². The normalized spacial score (nSPS) is 13.9. The molecule has 0 spiro atoms. The number of nitrogens with zero attached hydrogens (tertiary/aromatic N) is 1. The lowest BCUT2D eigenvalue weighted by atomic mass is 10.1. The van der Waals surface area contributed by atoms with E-state index in [-0.39, 0.29) is 6.10 Å². The van der Waals surface area contributed by atoms with Gasteiger partial charge in [0.05, 0.1) is 12.7 Å². The highest BCUT2D eigenvalue weighted by Crippen LogP contribution is 2.06. The van der Waals surface area contributed by atoms with E-state index in [4.69, 9.17) is 4.74 Å². The average Bonchev–Trinajstić information content (AvgIpc) is 2.16. The molecule has 0 fully saturated rings. The van der Waals surface area contributed by atoms with E-state index in [1.807, 2.05) is 6.92 Å². The largest absolute Gasteiger partial charge is 0.389 e. The lowest BCUT2D eigenvalue weighted by molar-refractivity contribution is 0.0177. The third kappa shape index (κ3) is 5.58. The Morgan fingerprint density at radius 3 is 2.21 bits per heavy atom. The van der Waals surface area contributed by atoms with Crippen LogP contribution in [-0.2, 0) is 4.74 Å². The third-order valence-electron chi connectivity index (χ3n) is 2.58. The zero-order valence-electron chi connectivity index (χ0n) is 9.99. The minimum absolute atomic E-state index is 0.361. The smallest absolute Gasteiger partial charge is 0.0900 e. The fourth-order valence-corrected chi connectivity index (χ4v) is 1.70. The topological polar surface area (TPSA) is 32.7 Å². The van der Waals surface area contributed by atoms with Crippen molar-refractivity contribution in [3.63, 3.8) is 0 Å². The molecule has 0 aliphatic rings. The number of hydrogen-bond acceptors (Lipinski definition) is 3. The van der Waals surface area contributed by atoms with Crippen LogP contribution in [0.3, 0.4) is 0 Å². The highest BCUT2D eigenvalue weighted by atomic mass is 16.5. The van der Waals surface area contributed by atoms with Gasteiger partial charge in [0.15, 0.2) is 0 Å². The summed E-state index contributed by atoms with van der Waals surface area (Å²) in [7, 11) is 2.06. The minimum atomic E-state index is -0.361. The monoisotopic (exact) mass is 203 g/mol. The molecule has 0 aromatic heterocycles. The Bertz CT molecular complexity index is 126. The summed E-state index contributed by atoms with van der Waals surface area (Å²) >= 11 is 0. The summed E-state index contributed by atoms with van der Waals surface area (Å²) in [6, 6.07) is 0.575. The second-order valence-corrected chi connectivity index (χ2v) is 3.72. The molecule has 0 amide bonds. The van der Waals surface area contributed by atoms with Gasteiger partial charge in [-0.2, -0.15) is 0 Å². The van der Waals surface area contributed by atoms with Gasteiger partial charge in [0.2, 0.25) is 0 Å². The van der Waals surface area contributed by atoms with Crippen LogP contribution in [0.25, 0.3) is 0 Å². The fourth-order valence-electron chi connectivity index (χ4n) is 1.70. The van der Waals surface area contributed by atoms with E-state index in [0.29, 0.717) is 25.8 Å². The van der Waals surface area contributed by atoms with Gasteiger partial charge in [0.25, 0.3) is 0 Å². The highest BCUT2D eigenvalue weighted by Gasteiger charge is 2.14. The number of ether oxygens (including phenoxy) is 1. The van der Waals surface area contributed by atoms with Crippen molar-refractivity contribution in [2.24, 2.45) is 0 Å². The second-order valence-electron chi connectivity index (χ2n) is 3.72. The van der Waals surface area contributed by atoms with E-state index >= 15 is 0 Å². The molecule has 1 atom stereocenters. The van der Waals surface area contributed by atoms with Crippen LogP contribution < -0.4 is 0 Å². The van der Waals surface area contributed by atoms with Gasteiger partial charge in [-0.3, -0.25) is 0 Å². The standard InChI is InChI=1S/C11H25NO2/c1-5-10(6-2)12(4)8-11(13)9-14-7-3/h10-11,13H,5-9H2,1-4H3. The van der Waals surface area contributed by atoms with Gasteiger partial charge in [0, 0.05) is 19.2 Å². The van der Waals surface area contributed by atoms with Crippen LogP contribution in [0, 0.1) is 0 Å². The Morgan fingerprint density at radius 2 is 1.79 bits per heavy atom. The molecule has 1 N–H and O–H groups in total. The molecule has 0 aromatic rings. The summed E-state index contributed by atoms with van der Waals surface area (Å²) in [6.07, 6.45) is 1.91. The van der Waals surface area contributed by atoms with Gasteiger partial charge in [-0.25, -0.2) is 0 Å². The van der Waals surface area contributed by atoms with Gasteiger partial charge >= 0.3 is 0 Å². The third-order valence-corrected chi connectivity index (χ3v) is 2.58. The van der Waals surface area contributed by atoms with Crippen molar-refractivity contribution in [3.05, 3.63) is 0 Å². The van der Waals surface area contributed by atoms with Crippen LogP contribution in [0.1, 0.15) is 33.6 Å². The van der Waals surface area contributed by atoms with Crippen LogP contribution in [0.2, 0.25) is 0 Å². The molecule has 0 aliphatic carbocycles. The quantitative estimate of drug-likeness (QED) is 0.649. The first-order valence-corrected chi connectivity index (χ1v) is 5.61. The van der Waals surface area contributed by atoms with Crippen molar-refractivity contribution >= 4 is 0 Å². The van der Waals surface area contributed by atoms with Crippen LogP contribution in [0.5, 0.6) is 0 Å². The van der Waals surface area contributed by atoms with E-state index in [2.05, 4.69) is 25.8 Å². The molecule has 0 rings (SSSR count). The fraction of sp³-hybridized carbons (Fsp3) is 1.00. The van der Waals surface area contributed by atoms with E-state index in [0.717, 1.165) is 12.8 Å². The second kappa shape index (κ2) is 8.21.